The number of halogens is 5. The van der Waals surface area contributed by atoms with Crippen LogP contribution >= 0.6 is 27.5 Å². The van der Waals surface area contributed by atoms with E-state index in [1.807, 2.05) is 24.3 Å². The Hall–Kier alpha value is -1.53. The third kappa shape index (κ3) is 4.24. The van der Waals surface area contributed by atoms with Gasteiger partial charge in [0.25, 0.3) is 0 Å². The third-order valence-electron chi connectivity index (χ3n) is 2.90. The maximum atomic E-state index is 12.7. The van der Waals surface area contributed by atoms with Crippen LogP contribution in [0.5, 0.6) is 0 Å². The van der Waals surface area contributed by atoms with Gasteiger partial charge in [-0.1, -0.05) is 39.7 Å². The fraction of sp³-hybridized carbons (Fsp3) is 0.133. The zero-order valence-corrected chi connectivity index (χ0v) is 13.7. The number of nitrogens with one attached hydrogen (secondary N) is 1. The Kier molecular flexibility index (Phi) is 5.13. The number of alkyl halides is 3. The smallest absolute Gasteiger partial charge is 0.277 e. The van der Waals surface area contributed by atoms with Gasteiger partial charge in [-0.15, -0.1) is 0 Å². The van der Waals surface area contributed by atoms with Crippen LogP contribution in [-0.4, -0.2) is 5.71 Å². The summed E-state index contributed by atoms with van der Waals surface area (Å²) in [5, 5.41) is 4.24. The topological polar surface area (TPSA) is 24.4 Å². The molecule has 0 saturated carbocycles. The second-order valence-electron chi connectivity index (χ2n) is 4.51. The maximum absolute atomic E-state index is 12.7. The second kappa shape index (κ2) is 6.71. The van der Waals surface area contributed by atoms with Gasteiger partial charge in [0, 0.05) is 4.47 Å². The maximum Gasteiger partial charge on any atom is 0.416 e. The molecule has 0 radical (unpaired) electrons. The summed E-state index contributed by atoms with van der Waals surface area (Å²) < 4.78 is 39.0. The van der Waals surface area contributed by atoms with Crippen molar-refractivity contribution in [2.24, 2.45) is 5.10 Å². The molecule has 2 rings (SSSR count). The number of hydrogen-bond donors (Lipinski definition) is 1. The van der Waals surface area contributed by atoms with Crippen molar-refractivity contribution in [1.29, 1.82) is 0 Å². The minimum atomic E-state index is -4.43. The summed E-state index contributed by atoms with van der Waals surface area (Å²) in [6.07, 6.45) is -4.43. The standard InChI is InChI=1S/C15H11BrClF3N2/c1-9(10-2-5-12(16)6-3-10)21-22-14-8-11(15(18,19)20)4-7-13(14)17/h2-8,22H,1H3/b21-9-. The number of benzene rings is 2. The van der Waals surface area contributed by atoms with Crippen LogP contribution in [0.15, 0.2) is 52.0 Å². The van der Waals surface area contributed by atoms with Crippen LogP contribution in [0.2, 0.25) is 5.02 Å². The first-order chi connectivity index (χ1) is 10.3. The predicted octanol–water partition coefficient (Wildman–Crippen LogP) is 5.96. The molecular formula is C15H11BrClF3N2. The molecule has 0 heterocycles. The lowest BCUT2D eigenvalue weighted by Crippen LogP contribution is -2.06. The Balaban J connectivity index is 2.23. The van der Waals surface area contributed by atoms with Crippen LogP contribution in [0, 0.1) is 0 Å². The summed E-state index contributed by atoms with van der Waals surface area (Å²) in [5.74, 6) is 0. The summed E-state index contributed by atoms with van der Waals surface area (Å²) in [5.41, 5.74) is 3.38. The summed E-state index contributed by atoms with van der Waals surface area (Å²) in [4.78, 5) is 0. The van der Waals surface area contributed by atoms with Gasteiger partial charge in [-0.3, -0.25) is 5.43 Å². The fourth-order valence-electron chi connectivity index (χ4n) is 1.69. The number of anilines is 1. The van der Waals surface area contributed by atoms with Gasteiger partial charge in [-0.25, -0.2) is 0 Å². The number of rotatable bonds is 3. The Morgan fingerprint density at radius 1 is 1.14 bits per heavy atom. The highest BCUT2D eigenvalue weighted by Gasteiger charge is 2.30. The zero-order valence-electron chi connectivity index (χ0n) is 11.4. The van der Waals surface area contributed by atoms with Crippen molar-refractivity contribution in [1.82, 2.24) is 0 Å². The van der Waals surface area contributed by atoms with E-state index < -0.39 is 11.7 Å². The molecule has 0 aliphatic heterocycles. The van der Waals surface area contributed by atoms with Gasteiger partial charge in [-0.05, 0) is 42.8 Å². The molecule has 0 atom stereocenters. The van der Waals surface area contributed by atoms with Gasteiger partial charge in [0.2, 0.25) is 0 Å². The van der Waals surface area contributed by atoms with Crippen molar-refractivity contribution in [3.63, 3.8) is 0 Å². The molecule has 0 fully saturated rings. The van der Waals surface area contributed by atoms with Gasteiger partial charge in [0.15, 0.2) is 0 Å². The molecule has 0 saturated heterocycles. The van der Waals surface area contributed by atoms with E-state index in [0.717, 1.165) is 22.2 Å². The van der Waals surface area contributed by atoms with E-state index >= 15 is 0 Å². The van der Waals surface area contributed by atoms with E-state index in [0.29, 0.717) is 5.71 Å². The van der Waals surface area contributed by atoms with Gasteiger partial charge >= 0.3 is 6.18 Å². The van der Waals surface area contributed by atoms with E-state index in [4.69, 9.17) is 11.6 Å². The first-order valence-corrected chi connectivity index (χ1v) is 7.37. The average Bonchev–Trinajstić information content (AvgIpc) is 2.45. The van der Waals surface area contributed by atoms with Crippen molar-refractivity contribution in [3.05, 3.63) is 63.1 Å². The van der Waals surface area contributed by atoms with E-state index in [1.54, 1.807) is 6.92 Å². The minimum Gasteiger partial charge on any atom is -0.277 e. The Morgan fingerprint density at radius 2 is 1.77 bits per heavy atom. The minimum absolute atomic E-state index is 0.105. The third-order valence-corrected chi connectivity index (χ3v) is 3.76. The second-order valence-corrected chi connectivity index (χ2v) is 5.83. The first kappa shape index (κ1) is 16.8. The summed E-state index contributed by atoms with van der Waals surface area (Å²) in [6, 6.07) is 10.4. The van der Waals surface area contributed by atoms with Crippen molar-refractivity contribution in [2.45, 2.75) is 13.1 Å². The van der Waals surface area contributed by atoms with Crippen LogP contribution in [0.1, 0.15) is 18.1 Å². The van der Waals surface area contributed by atoms with Gasteiger partial charge in [0.05, 0.1) is 22.0 Å². The highest BCUT2D eigenvalue weighted by Crippen LogP contribution is 2.33. The van der Waals surface area contributed by atoms with Crippen molar-refractivity contribution in [2.75, 3.05) is 5.43 Å². The number of hydrogen-bond acceptors (Lipinski definition) is 2. The lowest BCUT2D eigenvalue weighted by atomic mass is 10.1. The van der Waals surface area contributed by atoms with E-state index in [1.165, 1.54) is 6.07 Å². The van der Waals surface area contributed by atoms with E-state index in [-0.39, 0.29) is 10.7 Å². The molecule has 0 amide bonds. The van der Waals surface area contributed by atoms with Crippen molar-refractivity contribution >= 4 is 38.9 Å². The van der Waals surface area contributed by atoms with Crippen LogP contribution < -0.4 is 5.43 Å². The molecule has 2 nitrogen and oxygen atoms in total. The monoisotopic (exact) mass is 390 g/mol. The molecular weight excluding hydrogens is 381 g/mol. The predicted molar refractivity (Wildman–Crippen MR) is 86.4 cm³/mol. The molecule has 2 aromatic carbocycles. The SMILES string of the molecule is C/C(=N/Nc1cc(C(F)(F)F)ccc1Cl)c1ccc(Br)cc1. The summed E-state index contributed by atoms with van der Waals surface area (Å²) in [7, 11) is 0. The molecule has 22 heavy (non-hydrogen) atoms. The first-order valence-electron chi connectivity index (χ1n) is 6.20. The van der Waals surface area contributed by atoms with E-state index in [9.17, 15) is 13.2 Å². The normalized spacial score (nSPS) is 12.4. The molecule has 2 aromatic rings. The molecule has 0 aliphatic rings. The Morgan fingerprint density at radius 3 is 2.36 bits per heavy atom. The van der Waals surface area contributed by atoms with Gasteiger partial charge in [0.1, 0.15) is 0 Å². The number of nitrogens with zero attached hydrogens (tertiary/aromatic N) is 1. The molecule has 0 aliphatic carbocycles. The van der Waals surface area contributed by atoms with Crippen LogP contribution in [-0.2, 0) is 6.18 Å². The van der Waals surface area contributed by atoms with Gasteiger partial charge < -0.3 is 0 Å². The lowest BCUT2D eigenvalue weighted by molar-refractivity contribution is -0.137. The number of hydrazone groups is 1. The van der Waals surface area contributed by atoms with Crippen LogP contribution in [0.4, 0.5) is 18.9 Å². The fourth-order valence-corrected chi connectivity index (χ4v) is 2.11. The molecule has 1 N–H and O–H groups in total. The van der Waals surface area contributed by atoms with Crippen molar-refractivity contribution in [3.8, 4) is 0 Å². The van der Waals surface area contributed by atoms with Crippen LogP contribution in [0.3, 0.4) is 0 Å². The quantitative estimate of drug-likeness (QED) is 0.507. The molecule has 7 heteroatoms. The lowest BCUT2D eigenvalue weighted by Gasteiger charge is -2.10. The van der Waals surface area contributed by atoms with E-state index in [2.05, 4.69) is 26.5 Å². The summed E-state index contributed by atoms with van der Waals surface area (Å²) in [6.45, 7) is 1.75. The molecule has 0 aromatic heterocycles. The molecule has 0 spiro atoms. The largest absolute Gasteiger partial charge is 0.416 e. The zero-order chi connectivity index (χ0) is 16.3. The van der Waals surface area contributed by atoms with Crippen LogP contribution in [0.25, 0.3) is 0 Å². The highest BCUT2D eigenvalue weighted by atomic mass is 79.9. The molecule has 116 valence electrons. The molecule has 0 unspecified atom stereocenters. The molecule has 0 bridgehead atoms. The summed E-state index contributed by atoms with van der Waals surface area (Å²) >= 11 is 9.22. The Labute approximate surface area is 139 Å². The highest BCUT2D eigenvalue weighted by molar-refractivity contribution is 9.10. The average molecular weight is 392 g/mol. The van der Waals surface area contributed by atoms with Gasteiger partial charge in [-0.2, -0.15) is 18.3 Å². The Bertz CT molecular complexity index is 697. The van der Waals surface area contributed by atoms with Crippen molar-refractivity contribution < 1.29 is 13.2 Å².